The fraction of sp³-hybridized carbons (Fsp3) is 0.636. The molecule has 0 spiro atoms. The molecule has 1 aromatic rings. The highest BCUT2D eigenvalue weighted by Gasteiger charge is 2.08. The Morgan fingerprint density at radius 1 is 1.38 bits per heavy atom. The summed E-state index contributed by atoms with van der Waals surface area (Å²) in [6, 6.07) is 0. The quantitative estimate of drug-likeness (QED) is 0.737. The average molecular weight is 225 g/mol. The third-order valence-corrected chi connectivity index (χ3v) is 2.49. The van der Waals surface area contributed by atoms with Gasteiger partial charge in [0, 0.05) is 37.2 Å². The van der Waals surface area contributed by atoms with E-state index in [2.05, 4.69) is 9.97 Å². The molecule has 0 aliphatic rings. The second-order valence-electron chi connectivity index (χ2n) is 3.60. The smallest absolute Gasteiger partial charge is 0.225 e. The minimum atomic E-state index is -0.0329. The van der Waals surface area contributed by atoms with Crippen LogP contribution in [-0.2, 0) is 6.61 Å². The van der Waals surface area contributed by atoms with Gasteiger partial charge >= 0.3 is 0 Å². The van der Waals surface area contributed by atoms with Gasteiger partial charge in [-0.2, -0.15) is 0 Å². The van der Waals surface area contributed by atoms with Gasteiger partial charge in [-0.3, -0.25) is 0 Å². The summed E-state index contributed by atoms with van der Waals surface area (Å²) >= 11 is 0. The van der Waals surface area contributed by atoms with Gasteiger partial charge in [0.05, 0.1) is 6.61 Å². The fourth-order valence-corrected chi connectivity index (χ4v) is 1.45. The zero-order chi connectivity index (χ0) is 12.0. The molecule has 0 amide bonds. The van der Waals surface area contributed by atoms with Gasteiger partial charge in [0.1, 0.15) is 0 Å². The molecular weight excluding hydrogens is 206 g/mol. The van der Waals surface area contributed by atoms with E-state index in [4.69, 9.17) is 10.2 Å². The van der Waals surface area contributed by atoms with Crippen LogP contribution in [0.1, 0.15) is 24.6 Å². The number of aryl methyl sites for hydroxylation is 1. The molecule has 90 valence electrons. The number of rotatable bonds is 6. The van der Waals surface area contributed by atoms with E-state index in [0.29, 0.717) is 12.4 Å². The maximum Gasteiger partial charge on any atom is 0.225 e. The first-order valence-corrected chi connectivity index (χ1v) is 5.52. The lowest BCUT2D eigenvalue weighted by molar-refractivity contribution is 0.280. The van der Waals surface area contributed by atoms with E-state index in [0.717, 1.165) is 24.3 Å². The zero-order valence-electron chi connectivity index (χ0n) is 9.85. The van der Waals surface area contributed by atoms with Crippen molar-refractivity contribution < 1.29 is 10.2 Å². The van der Waals surface area contributed by atoms with Crippen molar-refractivity contribution in [2.75, 3.05) is 24.6 Å². The summed E-state index contributed by atoms with van der Waals surface area (Å²) < 4.78 is 0. The number of hydrogen-bond acceptors (Lipinski definition) is 5. The molecule has 0 aromatic carbocycles. The minimum Gasteiger partial charge on any atom is -0.396 e. The number of hydrogen-bond donors (Lipinski definition) is 2. The standard InChI is InChI=1S/C11H19N3O2/c1-3-14(5-4-6-15)11-12-7-10(8-16)9(2)13-11/h7,15-16H,3-6,8H2,1-2H3. The lowest BCUT2D eigenvalue weighted by atomic mass is 10.2. The SMILES string of the molecule is CCN(CCCO)c1ncc(CO)c(C)n1. The van der Waals surface area contributed by atoms with Gasteiger partial charge in [-0.05, 0) is 20.3 Å². The van der Waals surface area contributed by atoms with Crippen LogP contribution in [0.2, 0.25) is 0 Å². The van der Waals surface area contributed by atoms with E-state index in [9.17, 15) is 0 Å². The Balaban J connectivity index is 2.80. The Kier molecular flexibility index (Phi) is 5.14. The van der Waals surface area contributed by atoms with Gasteiger partial charge in [-0.25, -0.2) is 9.97 Å². The summed E-state index contributed by atoms with van der Waals surface area (Å²) in [6.45, 7) is 5.56. The summed E-state index contributed by atoms with van der Waals surface area (Å²) in [5.74, 6) is 0.658. The molecule has 1 heterocycles. The van der Waals surface area contributed by atoms with Crippen LogP contribution in [-0.4, -0.2) is 39.9 Å². The minimum absolute atomic E-state index is 0.0329. The van der Waals surface area contributed by atoms with Crippen molar-refractivity contribution in [3.63, 3.8) is 0 Å². The third-order valence-electron chi connectivity index (χ3n) is 2.49. The van der Waals surface area contributed by atoms with Crippen molar-refractivity contribution in [1.82, 2.24) is 9.97 Å². The van der Waals surface area contributed by atoms with E-state index >= 15 is 0 Å². The number of aromatic nitrogens is 2. The number of aliphatic hydroxyl groups is 2. The van der Waals surface area contributed by atoms with Crippen molar-refractivity contribution in [3.05, 3.63) is 17.5 Å². The molecular formula is C11H19N3O2. The molecule has 1 aromatic heterocycles. The Morgan fingerprint density at radius 3 is 2.62 bits per heavy atom. The normalized spacial score (nSPS) is 10.5. The molecule has 5 heteroatoms. The van der Waals surface area contributed by atoms with Gasteiger partial charge in [-0.1, -0.05) is 0 Å². The first-order valence-electron chi connectivity index (χ1n) is 5.52. The van der Waals surface area contributed by atoms with Gasteiger partial charge in [-0.15, -0.1) is 0 Å². The lowest BCUT2D eigenvalue weighted by Gasteiger charge is -2.20. The van der Waals surface area contributed by atoms with Gasteiger partial charge in [0.25, 0.3) is 0 Å². The van der Waals surface area contributed by atoms with Crippen LogP contribution in [0.5, 0.6) is 0 Å². The molecule has 16 heavy (non-hydrogen) atoms. The van der Waals surface area contributed by atoms with Crippen LogP contribution in [0.3, 0.4) is 0 Å². The molecule has 1 rings (SSSR count). The topological polar surface area (TPSA) is 69.5 Å². The van der Waals surface area contributed by atoms with Crippen LogP contribution in [0, 0.1) is 6.92 Å². The Bertz CT molecular complexity index is 331. The maximum absolute atomic E-state index is 9.02. The second kappa shape index (κ2) is 6.40. The highest BCUT2D eigenvalue weighted by molar-refractivity contribution is 5.32. The van der Waals surface area contributed by atoms with Crippen LogP contribution in [0.15, 0.2) is 6.20 Å². The Labute approximate surface area is 95.8 Å². The molecule has 0 atom stereocenters. The van der Waals surface area contributed by atoms with Crippen molar-refractivity contribution in [2.24, 2.45) is 0 Å². The number of aliphatic hydroxyl groups excluding tert-OH is 2. The predicted octanol–water partition coefficient (Wildman–Crippen LogP) is 0.486. The van der Waals surface area contributed by atoms with Gasteiger partial charge < -0.3 is 15.1 Å². The molecule has 2 N–H and O–H groups in total. The van der Waals surface area contributed by atoms with Gasteiger partial charge in [0.2, 0.25) is 5.95 Å². The van der Waals surface area contributed by atoms with E-state index in [1.807, 2.05) is 18.7 Å². The first kappa shape index (κ1) is 12.9. The van der Waals surface area contributed by atoms with Crippen LogP contribution in [0.25, 0.3) is 0 Å². The fourth-order valence-electron chi connectivity index (χ4n) is 1.45. The Hall–Kier alpha value is -1.20. The van der Waals surface area contributed by atoms with Crippen molar-refractivity contribution >= 4 is 5.95 Å². The van der Waals surface area contributed by atoms with E-state index < -0.39 is 0 Å². The monoisotopic (exact) mass is 225 g/mol. The summed E-state index contributed by atoms with van der Waals surface area (Å²) in [4.78, 5) is 10.6. The molecule has 0 bridgehead atoms. The van der Waals surface area contributed by atoms with Crippen LogP contribution >= 0.6 is 0 Å². The summed E-state index contributed by atoms with van der Waals surface area (Å²) in [7, 11) is 0. The summed E-state index contributed by atoms with van der Waals surface area (Å²) in [5, 5.41) is 17.8. The molecule has 0 saturated carbocycles. The Morgan fingerprint density at radius 2 is 2.12 bits per heavy atom. The maximum atomic E-state index is 9.02. The molecule has 0 unspecified atom stereocenters. The van der Waals surface area contributed by atoms with Gasteiger partial charge in [0.15, 0.2) is 0 Å². The first-order chi connectivity index (χ1) is 7.72. The van der Waals surface area contributed by atoms with Crippen molar-refractivity contribution in [1.29, 1.82) is 0 Å². The average Bonchev–Trinajstić information content (AvgIpc) is 2.30. The van der Waals surface area contributed by atoms with E-state index in [1.165, 1.54) is 0 Å². The van der Waals surface area contributed by atoms with Crippen molar-refractivity contribution in [3.8, 4) is 0 Å². The largest absolute Gasteiger partial charge is 0.396 e. The molecule has 0 radical (unpaired) electrons. The highest BCUT2D eigenvalue weighted by Crippen LogP contribution is 2.11. The van der Waals surface area contributed by atoms with E-state index in [1.54, 1.807) is 6.20 Å². The molecule has 0 saturated heterocycles. The zero-order valence-corrected chi connectivity index (χ0v) is 9.85. The lowest BCUT2D eigenvalue weighted by Crippen LogP contribution is -2.27. The third kappa shape index (κ3) is 3.15. The van der Waals surface area contributed by atoms with Crippen LogP contribution < -0.4 is 4.90 Å². The molecule has 5 nitrogen and oxygen atoms in total. The second-order valence-corrected chi connectivity index (χ2v) is 3.60. The molecule has 0 aliphatic heterocycles. The van der Waals surface area contributed by atoms with E-state index in [-0.39, 0.29) is 13.2 Å². The summed E-state index contributed by atoms with van der Waals surface area (Å²) in [6.07, 6.45) is 2.36. The number of anilines is 1. The van der Waals surface area contributed by atoms with Crippen LogP contribution in [0.4, 0.5) is 5.95 Å². The van der Waals surface area contributed by atoms with Crippen molar-refractivity contribution in [2.45, 2.75) is 26.9 Å². The number of nitrogens with zero attached hydrogens (tertiary/aromatic N) is 3. The highest BCUT2D eigenvalue weighted by atomic mass is 16.3. The summed E-state index contributed by atoms with van der Waals surface area (Å²) in [5.41, 5.74) is 1.55. The molecule has 0 aliphatic carbocycles. The predicted molar refractivity (Wildman–Crippen MR) is 62.3 cm³/mol. The molecule has 0 fully saturated rings.